The number of hydrogen-bond donors (Lipinski definition) is 0. The van der Waals surface area contributed by atoms with E-state index in [0.717, 1.165) is 20.9 Å². The maximum atomic E-state index is 11.6. The molecule has 0 fully saturated rings. The zero-order chi connectivity index (χ0) is 9.54. The summed E-state index contributed by atoms with van der Waals surface area (Å²) in [4.78, 5) is 6.10. The molecule has 3 rings (SSSR count). The molecule has 14 heavy (non-hydrogen) atoms. The van der Waals surface area contributed by atoms with E-state index in [9.17, 15) is 3.83 Å². The zero-order valence-corrected chi connectivity index (χ0v) is 9.02. The fraction of sp³-hybridized carbons (Fsp3) is 0. The number of aromatic nitrogens is 1. The summed E-state index contributed by atoms with van der Waals surface area (Å²) in [5, 5.41) is 1.10. The minimum atomic E-state index is -1.92. The summed E-state index contributed by atoms with van der Waals surface area (Å²) in [5.41, 5.74) is 2.06. The van der Waals surface area contributed by atoms with E-state index in [1.165, 1.54) is 0 Å². The van der Waals surface area contributed by atoms with Gasteiger partial charge >= 0.3 is 85.1 Å². The van der Waals surface area contributed by atoms with Crippen LogP contribution in [-0.4, -0.2) is 18.8 Å². The number of para-hydroxylation sites is 1. The molecule has 0 bridgehead atoms. The molecule has 0 aliphatic carbocycles. The molecule has 1 aromatic carbocycles. The summed E-state index contributed by atoms with van der Waals surface area (Å²) >= 11 is -1.92. The van der Waals surface area contributed by atoms with Crippen molar-refractivity contribution in [3.05, 3.63) is 41.0 Å². The van der Waals surface area contributed by atoms with Crippen molar-refractivity contribution in [2.45, 2.75) is 0 Å². The molecule has 1 aromatic heterocycles. The molecule has 68 valence electrons. The van der Waals surface area contributed by atoms with Gasteiger partial charge in [-0.05, 0) is 0 Å². The minimum absolute atomic E-state index is 0.920. The molecule has 1 aliphatic heterocycles. The number of rotatable bonds is 0. The third-order valence-electron chi connectivity index (χ3n) is 2.36. The van der Waals surface area contributed by atoms with E-state index in [0.29, 0.717) is 0 Å². The predicted octanol–water partition coefficient (Wildman–Crippen LogP) is 1.43. The number of fused-ring (bicyclic) bond motifs is 3. The molecule has 1 unspecified atom stereocenters. The molecule has 3 heteroatoms. The van der Waals surface area contributed by atoms with Crippen LogP contribution in [0.25, 0.3) is 17.0 Å². The van der Waals surface area contributed by atoms with Gasteiger partial charge in [0.05, 0.1) is 0 Å². The molecular formula is C11H7NOSe. The Morgan fingerprint density at radius 3 is 3.00 bits per heavy atom. The molecule has 1 aliphatic rings. The van der Waals surface area contributed by atoms with Gasteiger partial charge in [-0.3, -0.25) is 0 Å². The average Bonchev–Trinajstić information content (AvgIpc) is 2.61. The quantitative estimate of drug-likeness (QED) is 0.660. The van der Waals surface area contributed by atoms with Gasteiger partial charge in [0, 0.05) is 0 Å². The molecule has 0 saturated heterocycles. The van der Waals surface area contributed by atoms with E-state index in [2.05, 4.69) is 4.98 Å². The summed E-state index contributed by atoms with van der Waals surface area (Å²) in [7, 11) is 0. The normalized spacial score (nSPS) is 18.7. The van der Waals surface area contributed by atoms with E-state index in [1.807, 2.05) is 30.3 Å². The molecule has 0 spiro atoms. The number of hydrogen-bond acceptors (Lipinski definition) is 2. The third kappa shape index (κ3) is 0.999. The Bertz CT molecular complexity index is 575. The molecule has 0 radical (unpaired) electrons. The van der Waals surface area contributed by atoms with Gasteiger partial charge in [0.1, 0.15) is 0 Å². The van der Waals surface area contributed by atoms with Crippen molar-refractivity contribution in [2.24, 2.45) is 0 Å². The van der Waals surface area contributed by atoms with Crippen LogP contribution >= 0.6 is 0 Å². The first-order valence-corrected chi connectivity index (χ1v) is 6.87. The van der Waals surface area contributed by atoms with Crippen LogP contribution in [0.3, 0.4) is 0 Å². The summed E-state index contributed by atoms with van der Waals surface area (Å²) in [6.07, 6.45) is 3.70. The van der Waals surface area contributed by atoms with Crippen LogP contribution in [0.4, 0.5) is 0 Å². The number of benzene rings is 1. The van der Waals surface area contributed by atoms with Gasteiger partial charge in [0.15, 0.2) is 0 Å². The molecule has 2 heterocycles. The number of nitrogens with zero attached hydrogens (tertiary/aromatic N) is 1. The fourth-order valence-corrected chi connectivity index (χ4v) is 3.69. The second kappa shape index (κ2) is 2.84. The van der Waals surface area contributed by atoms with Crippen LogP contribution in [0.15, 0.2) is 35.4 Å². The number of pyridine rings is 1. The van der Waals surface area contributed by atoms with Crippen molar-refractivity contribution in [1.82, 2.24) is 4.98 Å². The standard InChI is InChI=1S/C11H7NOSe/c13-14-6-5-9-8-3-1-2-4-10(8)12-7-11(9)14/h1-7H. The molecule has 2 nitrogen and oxygen atoms in total. The van der Waals surface area contributed by atoms with Crippen LogP contribution in [0, 0.1) is 0 Å². The Morgan fingerprint density at radius 1 is 1.21 bits per heavy atom. The first kappa shape index (κ1) is 8.04. The zero-order valence-electron chi connectivity index (χ0n) is 7.31. The second-order valence-corrected chi connectivity index (χ2v) is 5.90. The van der Waals surface area contributed by atoms with Crippen LogP contribution in [0.2, 0.25) is 0 Å². The Kier molecular flexibility index (Phi) is 1.63. The molecule has 0 N–H and O–H groups in total. The van der Waals surface area contributed by atoms with Crippen LogP contribution in [0.5, 0.6) is 0 Å². The van der Waals surface area contributed by atoms with Gasteiger partial charge < -0.3 is 0 Å². The van der Waals surface area contributed by atoms with E-state index in [-0.39, 0.29) is 0 Å². The maximum absolute atomic E-state index is 11.6. The summed E-state index contributed by atoms with van der Waals surface area (Å²) in [5.74, 6) is 0. The van der Waals surface area contributed by atoms with E-state index >= 15 is 0 Å². The van der Waals surface area contributed by atoms with Crippen molar-refractivity contribution in [2.75, 3.05) is 0 Å². The third-order valence-corrected chi connectivity index (χ3v) is 4.75. The predicted molar refractivity (Wildman–Crippen MR) is 56.9 cm³/mol. The van der Waals surface area contributed by atoms with Gasteiger partial charge in [0.25, 0.3) is 0 Å². The molecule has 0 amide bonds. The van der Waals surface area contributed by atoms with Crippen LogP contribution in [-0.2, 0) is 3.83 Å². The molecule has 1 atom stereocenters. The fourth-order valence-electron chi connectivity index (χ4n) is 1.68. The van der Waals surface area contributed by atoms with Crippen LogP contribution in [0.1, 0.15) is 5.56 Å². The van der Waals surface area contributed by atoms with Gasteiger partial charge in [-0.1, -0.05) is 0 Å². The van der Waals surface area contributed by atoms with Crippen molar-refractivity contribution in [3.8, 4) is 0 Å². The second-order valence-electron chi connectivity index (χ2n) is 3.15. The Labute approximate surface area is 85.4 Å². The van der Waals surface area contributed by atoms with Crippen molar-refractivity contribution < 1.29 is 3.83 Å². The first-order chi connectivity index (χ1) is 6.86. The van der Waals surface area contributed by atoms with Crippen molar-refractivity contribution in [3.63, 3.8) is 0 Å². The Hall–Kier alpha value is -1.31. The first-order valence-electron chi connectivity index (χ1n) is 4.33. The van der Waals surface area contributed by atoms with E-state index in [4.69, 9.17) is 0 Å². The van der Waals surface area contributed by atoms with Crippen molar-refractivity contribution in [1.29, 1.82) is 0 Å². The molecule has 0 saturated carbocycles. The molecular weight excluding hydrogens is 241 g/mol. The summed E-state index contributed by atoms with van der Waals surface area (Å²) < 4.78 is 12.5. The van der Waals surface area contributed by atoms with E-state index < -0.39 is 13.8 Å². The average molecular weight is 248 g/mol. The summed E-state index contributed by atoms with van der Waals surface area (Å²) in [6, 6.07) is 7.94. The topological polar surface area (TPSA) is 30.0 Å². The van der Waals surface area contributed by atoms with Gasteiger partial charge in [-0.2, -0.15) is 0 Å². The molecule has 2 aromatic rings. The van der Waals surface area contributed by atoms with Gasteiger partial charge in [-0.15, -0.1) is 0 Å². The van der Waals surface area contributed by atoms with Gasteiger partial charge in [-0.25, -0.2) is 0 Å². The van der Waals surface area contributed by atoms with Crippen LogP contribution < -0.4 is 4.46 Å². The monoisotopic (exact) mass is 249 g/mol. The Balaban J connectivity index is 2.49. The van der Waals surface area contributed by atoms with E-state index in [1.54, 1.807) is 11.2 Å². The van der Waals surface area contributed by atoms with Gasteiger partial charge in [0.2, 0.25) is 0 Å². The summed E-state index contributed by atoms with van der Waals surface area (Å²) in [6.45, 7) is 0. The van der Waals surface area contributed by atoms with Crippen molar-refractivity contribution >= 4 is 35.3 Å². The Morgan fingerprint density at radius 2 is 2.07 bits per heavy atom. The SMILES string of the molecule is O=[Se]1C=Cc2c1cnc1ccccc21.